The lowest BCUT2D eigenvalue weighted by molar-refractivity contribution is 0.305. The lowest BCUT2D eigenvalue weighted by Crippen LogP contribution is -1.99. The monoisotopic (exact) mass is 280 g/mol. The highest BCUT2D eigenvalue weighted by Crippen LogP contribution is 2.18. The van der Waals surface area contributed by atoms with Gasteiger partial charge in [-0.3, -0.25) is 0 Å². The van der Waals surface area contributed by atoms with Crippen LogP contribution < -0.4 is 4.74 Å². The van der Waals surface area contributed by atoms with E-state index >= 15 is 0 Å². The third-order valence-electron chi connectivity index (χ3n) is 2.53. The van der Waals surface area contributed by atoms with Crippen molar-refractivity contribution in [2.45, 2.75) is 11.5 Å². The summed E-state index contributed by atoms with van der Waals surface area (Å²) in [6.45, 7) is 0.185. The topological polar surface area (TPSA) is 43.4 Å². The molecule has 0 saturated heterocycles. The standard InChI is InChI=1S/C14H13FO3S/c1-19(16,17)14-7-3-6-13(9-14)18-10-11-4-2-5-12(15)8-11/h2-9H,10H2,1H3. The van der Waals surface area contributed by atoms with Gasteiger partial charge in [0.15, 0.2) is 9.84 Å². The Morgan fingerprint density at radius 1 is 1.11 bits per heavy atom. The molecule has 100 valence electrons. The predicted octanol–water partition coefficient (Wildman–Crippen LogP) is 2.81. The average molecular weight is 280 g/mol. The van der Waals surface area contributed by atoms with Gasteiger partial charge < -0.3 is 4.74 Å². The van der Waals surface area contributed by atoms with Crippen LogP contribution in [-0.2, 0) is 16.4 Å². The molecule has 0 aromatic heterocycles. The summed E-state index contributed by atoms with van der Waals surface area (Å²) < 4.78 is 41.2. The van der Waals surface area contributed by atoms with Gasteiger partial charge in [0, 0.05) is 6.26 Å². The zero-order chi connectivity index (χ0) is 13.9. The minimum atomic E-state index is -3.25. The number of ether oxygens (including phenoxy) is 1. The molecule has 3 nitrogen and oxygen atoms in total. The first kappa shape index (κ1) is 13.5. The van der Waals surface area contributed by atoms with Crippen molar-refractivity contribution in [2.24, 2.45) is 0 Å². The van der Waals surface area contributed by atoms with Crippen LogP contribution in [0, 0.1) is 5.82 Å². The zero-order valence-electron chi connectivity index (χ0n) is 10.3. The smallest absolute Gasteiger partial charge is 0.175 e. The van der Waals surface area contributed by atoms with Gasteiger partial charge in [0.05, 0.1) is 4.90 Å². The third kappa shape index (κ3) is 3.79. The molecule has 0 aliphatic rings. The fraction of sp³-hybridized carbons (Fsp3) is 0.143. The maximum Gasteiger partial charge on any atom is 0.175 e. The second-order valence-corrected chi connectivity index (χ2v) is 6.18. The zero-order valence-corrected chi connectivity index (χ0v) is 11.2. The highest BCUT2D eigenvalue weighted by Gasteiger charge is 2.07. The molecule has 0 spiro atoms. The van der Waals surface area contributed by atoms with Crippen LogP contribution in [-0.4, -0.2) is 14.7 Å². The molecule has 0 radical (unpaired) electrons. The summed E-state index contributed by atoms with van der Waals surface area (Å²) in [7, 11) is -3.25. The second kappa shape index (κ2) is 5.40. The number of halogens is 1. The van der Waals surface area contributed by atoms with Crippen molar-refractivity contribution in [3.8, 4) is 5.75 Å². The van der Waals surface area contributed by atoms with E-state index in [0.717, 1.165) is 6.26 Å². The summed E-state index contributed by atoms with van der Waals surface area (Å²) in [5, 5.41) is 0. The Kier molecular flexibility index (Phi) is 3.85. The maximum absolute atomic E-state index is 13.0. The molecule has 0 fully saturated rings. The summed E-state index contributed by atoms with van der Waals surface area (Å²) in [6, 6.07) is 12.3. The van der Waals surface area contributed by atoms with Crippen molar-refractivity contribution in [1.82, 2.24) is 0 Å². The van der Waals surface area contributed by atoms with Crippen LogP contribution >= 0.6 is 0 Å². The Labute approximate surface area is 111 Å². The lowest BCUT2D eigenvalue weighted by Gasteiger charge is -2.07. The molecular formula is C14H13FO3S. The maximum atomic E-state index is 13.0. The lowest BCUT2D eigenvalue weighted by atomic mass is 10.2. The molecular weight excluding hydrogens is 267 g/mol. The number of hydrogen-bond donors (Lipinski definition) is 0. The van der Waals surface area contributed by atoms with Crippen molar-refractivity contribution >= 4 is 9.84 Å². The van der Waals surface area contributed by atoms with Crippen LogP contribution in [0.3, 0.4) is 0 Å². The second-order valence-electron chi connectivity index (χ2n) is 4.17. The van der Waals surface area contributed by atoms with E-state index in [2.05, 4.69) is 0 Å². The van der Waals surface area contributed by atoms with Gasteiger partial charge in [-0.05, 0) is 35.9 Å². The van der Waals surface area contributed by atoms with Crippen molar-refractivity contribution in [3.63, 3.8) is 0 Å². The van der Waals surface area contributed by atoms with Crippen molar-refractivity contribution in [3.05, 3.63) is 59.9 Å². The van der Waals surface area contributed by atoms with Crippen molar-refractivity contribution < 1.29 is 17.5 Å². The summed E-state index contributed by atoms with van der Waals surface area (Å²) in [4.78, 5) is 0.198. The third-order valence-corrected chi connectivity index (χ3v) is 3.64. The van der Waals surface area contributed by atoms with Gasteiger partial charge in [0.25, 0.3) is 0 Å². The Balaban J connectivity index is 2.12. The first-order chi connectivity index (χ1) is 8.95. The molecule has 0 atom stereocenters. The van der Waals surface area contributed by atoms with Gasteiger partial charge in [-0.2, -0.15) is 0 Å². The number of rotatable bonds is 4. The number of hydrogen-bond acceptors (Lipinski definition) is 3. The van der Waals surface area contributed by atoms with E-state index in [9.17, 15) is 12.8 Å². The molecule has 2 aromatic rings. The minimum Gasteiger partial charge on any atom is -0.489 e. The van der Waals surface area contributed by atoms with Crippen LogP contribution in [0.25, 0.3) is 0 Å². The Morgan fingerprint density at radius 3 is 2.53 bits per heavy atom. The van der Waals surface area contributed by atoms with Crippen molar-refractivity contribution in [1.29, 1.82) is 0 Å². The van der Waals surface area contributed by atoms with Gasteiger partial charge in [0.2, 0.25) is 0 Å². The van der Waals surface area contributed by atoms with Crippen LogP contribution in [0.1, 0.15) is 5.56 Å². The normalized spacial score (nSPS) is 11.3. The molecule has 0 amide bonds. The predicted molar refractivity (Wildman–Crippen MR) is 70.3 cm³/mol. The fourth-order valence-corrected chi connectivity index (χ4v) is 2.24. The molecule has 0 heterocycles. The molecule has 0 aliphatic heterocycles. The summed E-state index contributed by atoms with van der Waals surface area (Å²) >= 11 is 0. The SMILES string of the molecule is CS(=O)(=O)c1cccc(OCc2cccc(F)c2)c1. The summed E-state index contributed by atoms with van der Waals surface area (Å²) in [5.41, 5.74) is 0.685. The van der Waals surface area contributed by atoms with E-state index in [4.69, 9.17) is 4.74 Å². The van der Waals surface area contributed by atoms with Gasteiger partial charge in [-0.25, -0.2) is 12.8 Å². The quantitative estimate of drug-likeness (QED) is 0.865. The van der Waals surface area contributed by atoms with Crippen molar-refractivity contribution in [2.75, 3.05) is 6.26 Å². The first-order valence-electron chi connectivity index (χ1n) is 5.62. The highest BCUT2D eigenvalue weighted by atomic mass is 32.2. The van der Waals surface area contributed by atoms with Gasteiger partial charge >= 0.3 is 0 Å². The number of sulfone groups is 1. The molecule has 0 aliphatic carbocycles. The fourth-order valence-electron chi connectivity index (χ4n) is 1.59. The minimum absolute atomic E-state index is 0.185. The molecule has 0 N–H and O–H groups in total. The van der Waals surface area contributed by atoms with E-state index in [1.54, 1.807) is 24.3 Å². The van der Waals surface area contributed by atoms with E-state index in [1.165, 1.54) is 24.3 Å². The molecule has 19 heavy (non-hydrogen) atoms. The van der Waals surface area contributed by atoms with Gasteiger partial charge in [-0.15, -0.1) is 0 Å². The van der Waals surface area contributed by atoms with Gasteiger partial charge in [-0.1, -0.05) is 18.2 Å². The van der Waals surface area contributed by atoms with E-state index in [1.807, 2.05) is 0 Å². The molecule has 0 unspecified atom stereocenters. The number of benzene rings is 2. The largest absolute Gasteiger partial charge is 0.489 e. The van der Waals surface area contributed by atoms with Crippen LogP contribution in [0.2, 0.25) is 0 Å². The summed E-state index contributed by atoms with van der Waals surface area (Å²) in [6.07, 6.45) is 1.14. The van der Waals surface area contributed by atoms with E-state index < -0.39 is 9.84 Å². The molecule has 2 aromatic carbocycles. The van der Waals surface area contributed by atoms with E-state index in [0.29, 0.717) is 11.3 Å². The average Bonchev–Trinajstić information content (AvgIpc) is 2.36. The van der Waals surface area contributed by atoms with Crippen LogP contribution in [0.5, 0.6) is 5.75 Å². The molecule has 0 saturated carbocycles. The van der Waals surface area contributed by atoms with E-state index in [-0.39, 0.29) is 17.3 Å². The first-order valence-corrected chi connectivity index (χ1v) is 7.52. The molecule has 2 rings (SSSR count). The Bertz CT molecular complexity index is 681. The highest BCUT2D eigenvalue weighted by molar-refractivity contribution is 7.90. The molecule has 5 heteroatoms. The Morgan fingerprint density at radius 2 is 1.84 bits per heavy atom. The molecule has 0 bridgehead atoms. The van der Waals surface area contributed by atoms with Gasteiger partial charge in [0.1, 0.15) is 18.2 Å². The Hall–Kier alpha value is -1.88. The van der Waals surface area contributed by atoms with Crippen LogP contribution in [0.15, 0.2) is 53.4 Å². The summed E-state index contributed by atoms with van der Waals surface area (Å²) in [5.74, 6) is 0.109. The van der Waals surface area contributed by atoms with Crippen LogP contribution in [0.4, 0.5) is 4.39 Å².